The van der Waals surface area contributed by atoms with Gasteiger partial charge < -0.3 is 4.74 Å². The van der Waals surface area contributed by atoms with Gasteiger partial charge in [-0.25, -0.2) is 0 Å². The summed E-state index contributed by atoms with van der Waals surface area (Å²) in [5.41, 5.74) is 3.24. The minimum atomic E-state index is -0.0522. The molecule has 100 valence electrons. The van der Waals surface area contributed by atoms with Gasteiger partial charge in [-0.15, -0.1) is 0 Å². The number of hydrogen-bond donors (Lipinski definition) is 0. The molecule has 0 N–H and O–H groups in total. The molecule has 0 radical (unpaired) electrons. The summed E-state index contributed by atoms with van der Waals surface area (Å²) in [6.07, 6.45) is 5.67. The highest BCUT2D eigenvalue weighted by Crippen LogP contribution is 2.36. The van der Waals surface area contributed by atoms with Crippen molar-refractivity contribution in [3.05, 3.63) is 47.6 Å². The molecule has 0 bridgehead atoms. The summed E-state index contributed by atoms with van der Waals surface area (Å²) < 4.78 is 5.88. The van der Waals surface area contributed by atoms with Crippen LogP contribution in [0.4, 0.5) is 0 Å². The molecular formula is C17H20O2. The van der Waals surface area contributed by atoms with Crippen LogP contribution >= 0.6 is 0 Å². The highest BCUT2D eigenvalue weighted by atomic mass is 16.5. The second-order valence-corrected chi connectivity index (χ2v) is 5.82. The second kappa shape index (κ2) is 5.04. The molecule has 1 aromatic carbocycles. The maximum Gasteiger partial charge on any atom is 0.152 e. The van der Waals surface area contributed by atoms with Crippen LogP contribution in [0.1, 0.15) is 31.9 Å². The van der Waals surface area contributed by atoms with Crippen molar-refractivity contribution in [3.63, 3.8) is 0 Å². The molecule has 0 atom stereocenters. The molecule has 0 fully saturated rings. The van der Waals surface area contributed by atoms with Crippen LogP contribution in [-0.2, 0) is 4.79 Å². The van der Waals surface area contributed by atoms with Crippen molar-refractivity contribution in [1.29, 1.82) is 0 Å². The standard InChI is InChI=1S/C17H20O2/c1-12-5-8-16-15(9-12)14(7-6-13(2)18)10-17(3,4)11-19-16/h5-10H,11H2,1-4H3. The van der Waals surface area contributed by atoms with Crippen LogP contribution in [0.15, 0.2) is 36.4 Å². The van der Waals surface area contributed by atoms with E-state index in [4.69, 9.17) is 4.74 Å². The van der Waals surface area contributed by atoms with Crippen molar-refractivity contribution in [2.45, 2.75) is 27.7 Å². The Morgan fingerprint density at radius 2 is 2.11 bits per heavy atom. The Morgan fingerprint density at radius 3 is 2.79 bits per heavy atom. The van der Waals surface area contributed by atoms with E-state index in [2.05, 4.69) is 32.9 Å². The van der Waals surface area contributed by atoms with E-state index in [1.807, 2.05) is 18.2 Å². The quantitative estimate of drug-likeness (QED) is 0.749. The van der Waals surface area contributed by atoms with Gasteiger partial charge in [-0.2, -0.15) is 0 Å². The van der Waals surface area contributed by atoms with Crippen LogP contribution in [0.5, 0.6) is 5.75 Å². The van der Waals surface area contributed by atoms with Gasteiger partial charge in [0.2, 0.25) is 0 Å². The van der Waals surface area contributed by atoms with Crippen molar-refractivity contribution >= 4 is 11.4 Å². The zero-order chi connectivity index (χ0) is 14.0. The van der Waals surface area contributed by atoms with Crippen molar-refractivity contribution in [1.82, 2.24) is 0 Å². The summed E-state index contributed by atoms with van der Waals surface area (Å²) in [5.74, 6) is 0.939. The Morgan fingerprint density at radius 1 is 1.37 bits per heavy atom. The fourth-order valence-corrected chi connectivity index (χ4v) is 2.14. The number of ether oxygens (including phenoxy) is 1. The van der Waals surface area contributed by atoms with E-state index in [-0.39, 0.29) is 11.2 Å². The number of carbonyl (C=O) groups is 1. The van der Waals surface area contributed by atoms with Gasteiger partial charge in [0.1, 0.15) is 5.75 Å². The lowest BCUT2D eigenvalue weighted by molar-refractivity contribution is -0.112. The third kappa shape index (κ3) is 3.34. The molecule has 0 amide bonds. The van der Waals surface area contributed by atoms with Crippen LogP contribution in [0.3, 0.4) is 0 Å². The first-order valence-electron chi connectivity index (χ1n) is 6.53. The van der Waals surface area contributed by atoms with Gasteiger partial charge in [0, 0.05) is 11.0 Å². The van der Waals surface area contributed by atoms with Crippen molar-refractivity contribution in [3.8, 4) is 5.75 Å². The fraction of sp³-hybridized carbons (Fsp3) is 0.353. The minimum Gasteiger partial charge on any atom is -0.492 e. The predicted molar refractivity (Wildman–Crippen MR) is 78.3 cm³/mol. The Kier molecular flexibility index (Phi) is 3.61. The average molecular weight is 256 g/mol. The lowest BCUT2D eigenvalue weighted by Gasteiger charge is -2.18. The van der Waals surface area contributed by atoms with Crippen molar-refractivity contribution < 1.29 is 9.53 Å². The number of carbonyl (C=O) groups excluding carboxylic acids is 1. The Hall–Kier alpha value is -1.83. The van der Waals surface area contributed by atoms with Gasteiger partial charge in [-0.1, -0.05) is 37.6 Å². The van der Waals surface area contributed by atoms with E-state index in [1.165, 1.54) is 5.56 Å². The van der Waals surface area contributed by atoms with E-state index in [0.717, 1.165) is 16.9 Å². The van der Waals surface area contributed by atoms with Crippen LogP contribution in [-0.4, -0.2) is 12.4 Å². The van der Waals surface area contributed by atoms with Gasteiger partial charge in [0.15, 0.2) is 5.78 Å². The molecule has 0 saturated heterocycles. The average Bonchev–Trinajstić information content (AvgIpc) is 2.44. The predicted octanol–water partition coefficient (Wildman–Crippen LogP) is 3.94. The number of hydrogen-bond acceptors (Lipinski definition) is 2. The number of fused-ring (bicyclic) bond motifs is 1. The zero-order valence-electron chi connectivity index (χ0n) is 12.0. The van der Waals surface area contributed by atoms with Gasteiger partial charge in [0.25, 0.3) is 0 Å². The largest absolute Gasteiger partial charge is 0.492 e. The first kappa shape index (κ1) is 13.6. The van der Waals surface area contributed by atoms with Crippen molar-refractivity contribution in [2.75, 3.05) is 6.61 Å². The molecule has 2 nitrogen and oxygen atoms in total. The van der Waals surface area contributed by atoms with Crippen LogP contribution in [0.25, 0.3) is 5.57 Å². The summed E-state index contributed by atoms with van der Waals surface area (Å²) in [4.78, 5) is 11.2. The first-order valence-corrected chi connectivity index (χ1v) is 6.53. The molecule has 2 rings (SSSR count). The van der Waals surface area contributed by atoms with Crippen LogP contribution in [0, 0.1) is 12.3 Å². The van der Waals surface area contributed by atoms with Crippen LogP contribution in [0.2, 0.25) is 0 Å². The molecule has 1 aromatic rings. The van der Waals surface area contributed by atoms with E-state index in [9.17, 15) is 4.79 Å². The van der Waals surface area contributed by atoms with Gasteiger partial charge >= 0.3 is 0 Å². The van der Waals surface area contributed by atoms with E-state index < -0.39 is 0 Å². The number of aryl methyl sites for hydroxylation is 1. The van der Waals surface area contributed by atoms with Crippen molar-refractivity contribution in [2.24, 2.45) is 5.41 Å². The zero-order valence-corrected chi connectivity index (χ0v) is 12.0. The molecular weight excluding hydrogens is 236 g/mol. The summed E-state index contributed by atoms with van der Waals surface area (Å²) in [6.45, 7) is 8.52. The van der Waals surface area contributed by atoms with Crippen LogP contribution < -0.4 is 4.74 Å². The monoisotopic (exact) mass is 256 g/mol. The fourth-order valence-electron chi connectivity index (χ4n) is 2.14. The maximum absolute atomic E-state index is 11.2. The molecule has 0 unspecified atom stereocenters. The topological polar surface area (TPSA) is 26.3 Å². The molecule has 19 heavy (non-hydrogen) atoms. The highest BCUT2D eigenvalue weighted by Gasteiger charge is 2.22. The number of allylic oxidation sites excluding steroid dienone is 3. The molecule has 1 heterocycles. The van der Waals surface area contributed by atoms with Gasteiger partial charge in [-0.3, -0.25) is 4.79 Å². The molecule has 1 aliphatic heterocycles. The summed E-state index contributed by atoms with van der Waals surface area (Å²) in [6, 6.07) is 6.15. The highest BCUT2D eigenvalue weighted by molar-refractivity contribution is 5.91. The minimum absolute atomic E-state index is 0.0522. The molecule has 2 heteroatoms. The SMILES string of the molecule is CC(=O)C=CC1=CC(C)(C)COc2ccc(C)cc21. The lowest BCUT2D eigenvalue weighted by atomic mass is 9.90. The Bertz CT molecular complexity index is 563. The maximum atomic E-state index is 11.2. The Labute approximate surface area is 114 Å². The number of ketones is 1. The number of rotatable bonds is 2. The first-order chi connectivity index (χ1) is 8.87. The normalized spacial score (nSPS) is 17.4. The van der Waals surface area contributed by atoms with Gasteiger partial charge in [0.05, 0.1) is 6.61 Å². The van der Waals surface area contributed by atoms with E-state index in [0.29, 0.717) is 6.61 Å². The smallest absolute Gasteiger partial charge is 0.152 e. The summed E-state index contributed by atoms with van der Waals surface area (Å²) >= 11 is 0. The second-order valence-electron chi connectivity index (χ2n) is 5.82. The lowest BCUT2D eigenvalue weighted by Crippen LogP contribution is -2.17. The number of benzene rings is 1. The van der Waals surface area contributed by atoms with E-state index >= 15 is 0 Å². The van der Waals surface area contributed by atoms with Gasteiger partial charge in [-0.05, 0) is 37.6 Å². The molecule has 0 aromatic heterocycles. The third-order valence-electron chi connectivity index (χ3n) is 3.09. The van der Waals surface area contributed by atoms with E-state index in [1.54, 1.807) is 13.0 Å². The molecule has 1 aliphatic rings. The third-order valence-corrected chi connectivity index (χ3v) is 3.09. The summed E-state index contributed by atoms with van der Waals surface area (Å²) in [7, 11) is 0. The molecule has 0 saturated carbocycles. The Balaban J connectivity index is 2.54. The molecule has 0 spiro atoms. The molecule has 0 aliphatic carbocycles. The summed E-state index contributed by atoms with van der Waals surface area (Å²) in [5, 5.41) is 0.